The van der Waals surface area contributed by atoms with E-state index < -0.39 is 0 Å². The average molecular weight is 154 g/mol. The standard InChI is InChI=1S/C9H14O2/c1-2-3-4-8(10)9(11)7-5-6-7/h7H,2-6H2,1H3. The third kappa shape index (κ3) is 2.45. The van der Waals surface area contributed by atoms with Gasteiger partial charge in [-0.3, -0.25) is 9.59 Å². The largest absolute Gasteiger partial charge is 0.291 e. The summed E-state index contributed by atoms with van der Waals surface area (Å²) in [5.41, 5.74) is 0. The SMILES string of the molecule is CCCCC(=O)C(=O)C1CC1. The van der Waals surface area contributed by atoms with Crippen LogP contribution < -0.4 is 0 Å². The second kappa shape index (κ2) is 3.65. The Morgan fingerprint density at radius 2 is 2.00 bits per heavy atom. The van der Waals surface area contributed by atoms with Gasteiger partial charge in [-0.05, 0) is 19.3 Å². The number of carbonyl (C=O) groups is 2. The van der Waals surface area contributed by atoms with E-state index in [1.54, 1.807) is 0 Å². The van der Waals surface area contributed by atoms with E-state index in [2.05, 4.69) is 0 Å². The molecule has 0 aromatic rings. The number of unbranched alkanes of at least 4 members (excludes halogenated alkanes) is 1. The van der Waals surface area contributed by atoms with Crippen LogP contribution in [0.2, 0.25) is 0 Å². The van der Waals surface area contributed by atoms with E-state index in [1.165, 1.54) is 0 Å². The third-order valence-electron chi connectivity index (χ3n) is 1.98. The fourth-order valence-electron chi connectivity index (χ4n) is 1.03. The van der Waals surface area contributed by atoms with Crippen LogP contribution in [0.25, 0.3) is 0 Å². The Bertz CT molecular complexity index is 168. The highest BCUT2D eigenvalue weighted by Gasteiger charge is 2.33. The van der Waals surface area contributed by atoms with Gasteiger partial charge in [-0.25, -0.2) is 0 Å². The summed E-state index contributed by atoms with van der Waals surface area (Å²) in [6.07, 6.45) is 4.19. The number of hydrogen-bond acceptors (Lipinski definition) is 2. The minimum Gasteiger partial charge on any atom is -0.291 e. The van der Waals surface area contributed by atoms with Gasteiger partial charge in [0.2, 0.25) is 5.78 Å². The molecule has 0 atom stereocenters. The summed E-state index contributed by atoms with van der Waals surface area (Å²) in [6.45, 7) is 2.02. The lowest BCUT2D eigenvalue weighted by molar-refractivity contribution is -0.137. The molecule has 1 aliphatic rings. The molecule has 1 fully saturated rings. The van der Waals surface area contributed by atoms with E-state index in [0.717, 1.165) is 25.7 Å². The lowest BCUT2D eigenvalue weighted by Gasteiger charge is -1.95. The van der Waals surface area contributed by atoms with Crippen LogP contribution in [0, 0.1) is 5.92 Å². The average Bonchev–Trinajstić information content (AvgIpc) is 2.81. The van der Waals surface area contributed by atoms with E-state index in [-0.39, 0.29) is 17.5 Å². The second-order valence-electron chi connectivity index (χ2n) is 3.17. The molecule has 2 nitrogen and oxygen atoms in total. The van der Waals surface area contributed by atoms with Gasteiger partial charge in [0.1, 0.15) is 0 Å². The van der Waals surface area contributed by atoms with E-state index in [4.69, 9.17) is 0 Å². The molecule has 1 rings (SSSR count). The lowest BCUT2D eigenvalue weighted by Crippen LogP contribution is -2.14. The van der Waals surface area contributed by atoms with Gasteiger partial charge in [0, 0.05) is 12.3 Å². The summed E-state index contributed by atoms with van der Waals surface area (Å²) in [5.74, 6) is -0.146. The van der Waals surface area contributed by atoms with Crippen LogP contribution in [0.4, 0.5) is 0 Å². The van der Waals surface area contributed by atoms with Crippen molar-refractivity contribution < 1.29 is 9.59 Å². The number of ketones is 2. The molecule has 62 valence electrons. The molecule has 0 saturated heterocycles. The Labute approximate surface area is 67.0 Å². The molecule has 11 heavy (non-hydrogen) atoms. The van der Waals surface area contributed by atoms with Crippen LogP contribution >= 0.6 is 0 Å². The van der Waals surface area contributed by atoms with Crippen LogP contribution in [0.15, 0.2) is 0 Å². The first-order valence-electron chi connectivity index (χ1n) is 4.32. The van der Waals surface area contributed by atoms with Gasteiger partial charge in [0.25, 0.3) is 0 Å². The van der Waals surface area contributed by atoms with Crippen molar-refractivity contribution >= 4 is 11.6 Å². The fraction of sp³-hybridized carbons (Fsp3) is 0.778. The van der Waals surface area contributed by atoms with E-state index in [9.17, 15) is 9.59 Å². The summed E-state index contributed by atoms with van der Waals surface area (Å²) in [5, 5.41) is 0. The number of Topliss-reactive ketones (excluding diaryl/α,β-unsaturated/α-hetero) is 2. The number of carbonyl (C=O) groups excluding carboxylic acids is 2. The molecular formula is C9H14O2. The maximum absolute atomic E-state index is 11.1. The first-order valence-corrected chi connectivity index (χ1v) is 4.32. The molecule has 0 radical (unpaired) electrons. The minimum absolute atomic E-state index is 0.111. The molecule has 0 aromatic carbocycles. The van der Waals surface area contributed by atoms with Crippen LogP contribution in [0.5, 0.6) is 0 Å². The van der Waals surface area contributed by atoms with Crippen LogP contribution in [-0.2, 0) is 9.59 Å². The zero-order valence-corrected chi connectivity index (χ0v) is 6.93. The molecule has 0 bridgehead atoms. The minimum atomic E-state index is -0.144. The van der Waals surface area contributed by atoms with Crippen LogP contribution in [-0.4, -0.2) is 11.6 Å². The molecule has 0 N–H and O–H groups in total. The third-order valence-corrected chi connectivity index (χ3v) is 1.98. The Morgan fingerprint density at radius 1 is 1.36 bits per heavy atom. The van der Waals surface area contributed by atoms with E-state index in [0.29, 0.717) is 6.42 Å². The first kappa shape index (κ1) is 8.44. The molecule has 0 spiro atoms. The number of rotatable bonds is 5. The molecule has 1 aliphatic carbocycles. The first-order chi connectivity index (χ1) is 5.25. The molecule has 0 aliphatic heterocycles. The van der Waals surface area contributed by atoms with Gasteiger partial charge >= 0.3 is 0 Å². The highest BCUT2D eigenvalue weighted by atomic mass is 16.2. The van der Waals surface area contributed by atoms with Gasteiger partial charge in [-0.15, -0.1) is 0 Å². The van der Waals surface area contributed by atoms with Crippen molar-refractivity contribution in [2.24, 2.45) is 5.92 Å². The van der Waals surface area contributed by atoms with Crippen LogP contribution in [0.3, 0.4) is 0 Å². The molecule has 2 heteroatoms. The smallest absolute Gasteiger partial charge is 0.201 e. The quantitative estimate of drug-likeness (QED) is 0.565. The van der Waals surface area contributed by atoms with Gasteiger partial charge in [0.05, 0.1) is 0 Å². The summed E-state index contributed by atoms with van der Waals surface area (Å²) >= 11 is 0. The fourth-order valence-corrected chi connectivity index (χ4v) is 1.03. The maximum Gasteiger partial charge on any atom is 0.201 e. The Balaban J connectivity index is 2.22. The summed E-state index contributed by atoms with van der Waals surface area (Å²) in [7, 11) is 0. The summed E-state index contributed by atoms with van der Waals surface area (Å²) < 4.78 is 0. The Kier molecular flexibility index (Phi) is 2.80. The predicted molar refractivity (Wildman–Crippen MR) is 42.3 cm³/mol. The van der Waals surface area contributed by atoms with Crippen molar-refractivity contribution in [1.82, 2.24) is 0 Å². The van der Waals surface area contributed by atoms with Gasteiger partial charge < -0.3 is 0 Å². The molecule has 0 amide bonds. The van der Waals surface area contributed by atoms with Gasteiger partial charge in [-0.1, -0.05) is 13.3 Å². The molecule has 0 aromatic heterocycles. The lowest BCUT2D eigenvalue weighted by atomic mass is 10.1. The van der Waals surface area contributed by atoms with Crippen molar-refractivity contribution in [3.8, 4) is 0 Å². The highest BCUT2D eigenvalue weighted by Crippen LogP contribution is 2.30. The molecule has 0 heterocycles. The maximum atomic E-state index is 11.1. The number of hydrogen-bond donors (Lipinski definition) is 0. The van der Waals surface area contributed by atoms with Crippen molar-refractivity contribution in [2.45, 2.75) is 39.0 Å². The van der Waals surface area contributed by atoms with Crippen molar-refractivity contribution in [3.05, 3.63) is 0 Å². The molecular weight excluding hydrogens is 140 g/mol. The van der Waals surface area contributed by atoms with Crippen LogP contribution in [0.1, 0.15) is 39.0 Å². The van der Waals surface area contributed by atoms with Crippen molar-refractivity contribution in [1.29, 1.82) is 0 Å². The predicted octanol–water partition coefficient (Wildman–Crippen LogP) is 1.72. The highest BCUT2D eigenvalue weighted by molar-refractivity contribution is 6.38. The Hall–Kier alpha value is -0.660. The topological polar surface area (TPSA) is 34.1 Å². The van der Waals surface area contributed by atoms with Crippen molar-refractivity contribution in [2.75, 3.05) is 0 Å². The summed E-state index contributed by atoms with van der Waals surface area (Å²) in [6, 6.07) is 0. The molecule has 1 saturated carbocycles. The van der Waals surface area contributed by atoms with E-state index >= 15 is 0 Å². The zero-order chi connectivity index (χ0) is 8.27. The normalized spacial score (nSPS) is 16.5. The molecule has 0 unspecified atom stereocenters. The Morgan fingerprint density at radius 3 is 2.45 bits per heavy atom. The van der Waals surface area contributed by atoms with Gasteiger partial charge in [0.15, 0.2) is 5.78 Å². The van der Waals surface area contributed by atoms with Crippen molar-refractivity contribution in [3.63, 3.8) is 0 Å². The monoisotopic (exact) mass is 154 g/mol. The summed E-state index contributed by atoms with van der Waals surface area (Å²) in [4.78, 5) is 22.1. The zero-order valence-electron chi connectivity index (χ0n) is 6.93. The van der Waals surface area contributed by atoms with Gasteiger partial charge in [-0.2, -0.15) is 0 Å². The van der Waals surface area contributed by atoms with E-state index in [1.807, 2.05) is 6.92 Å². The second-order valence-corrected chi connectivity index (χ2v) is 3.17.